The summed E-state index contributed by atoms with van der Waals surface area (Å²) < 4.78 is 6.05. The van der Waals surface area contributed by atoms with E-state index >= 15 is 0 Å². The van der Waals surface area contributed by atoms with E-state index in [0.717, 1.165) is 53.9 Å². The molecule has 2 aliphatic carbocycles. The van der Waals surface area contributed by atoms with Crippen LogP contribution in [0.15, 0.2) is 58.9 Å². The van der Waals surface area contributed by atoms with Gasteiger partial charge in [-0.3, -0.25) is 14.4 Å². The molecule has 1 N–H and O–H groups in total. The average molecular weight is 519 g/mol. The molecule has 1 heterocycles. The number of rotatable bonds is 5. The van der Waals surface area contributed by atoms with Crippen molar-refractivity contribution < 1.29 is 19.1 Å². The average Bonchev–Trinajstić information content (AvgIpc) is 2.87. The van der Waals surface area contributed by atoms with Gasteiger partial charge in [0, 0.05) is 64.6 Å². The van der Waals surface area contributed by atoms with Crippen LogP contribution in [0.4, 0.5) is 5.69 Å². The Balaban J connectivity index is 1.51. The van der Waals surface area contributed by atoms with Gasteiger partial charge in [-0.2, -0.15) is 0 Å². The Morgan fingerprint density at radius 1 is 1.00 bits per heavy atom. The van der Waals surface area contributed by atoms with Crippen LogP contribution in [0.25, 0.3) is 0 Å². The van der Waals surface area contributed by atoms with E-state index < -0.39 is 5.92 Å². The number of aryl methyl sites for hydroxylation is 1. The third-order valence-electron chi connectivity index (χ3n) is 7.76. The number of hydrogen-bond acceptors (Lipinski definition) is 5. The second-order valence-electron chi connectivity index (χ2n) is 10.0. The minimum Gasteiger partial charge on any atom is -0.483 e. The zero-order chi connectivity index (χ0) is 26.3. The molecule has 0 unspecified atom stereocenters. The summed E-state index contributed by atoms with van der Waals surface area (Å²) in [4.78, 5) is 41.5. The summed E-state index contributed by atoms with van der Waals surface area (Å²) in [6.07, 6.45) is 4.07. The van der Waals surface area contributed by atoms with Crippen LogP contribution >= 0.6 is 11.6 Å². The van der Waals surface area contributed by atoms with Crippen molar-refractivity contribution in [2.75, 3.05) is 19.0 Å². The van der Waals surface area contributed by atoms with E-state index in [2.05, 4.69) is 10.2 Å². The number of nitrogens with zero attached hydrogens (tertiary/aromatic N) is 1. The molecule has 0 bridgehead atoms. The van der Waals surface area contributed by atoms with Gasteiger partial charge in [0.1, 0.15) is 5.75 Å². The molecule has 1 aliphatic heterocycles. The zero-order valence-electron chi connectivity index (χ0n) is 21.4. The van der Waals surface area contributed by atoms with E-state index in [1.54, 1.807) is 18.2 Å². The Morgan fingerprint density at radius 2 is 1.65 bits per heavy atom. The molecule has 0 fully saturated rings. The highest BCUT2D eigenvalue weighted by atomic mass is 35.5. The van der Waals surface area contributed by atoms with Gasteiger partial charge in [0.15, 0.2) is 18.2 Å². The number of benzene rings is 2. The van der Waals surface area contributed by atoms with Crippen LogP contribution in [-0.2, 0) is 14.4 Å². The van der Waals surface area contributed by atoms with Gasteiger partial charge in [-0.15, -0.1) is 0 Å². The van der Waals surface area contributed by atoms with Crippen LogP contribution in [0, 0.1) is 13.8 Å². The Morgan fingerprint density at radius 3 is 2.30 bits per heavy atom. The Labute approximate surface area is 222 Å². The van der Waals surface area contributed by atoms with Crippen molar-refractivity contribution in [2.24, 2.45) is 0 Å². The minimum atomic E-state index is -0.544. The van der Waals surface area contributed by atoms with Crippen molar-refractivity contribution in [1.82, 2.24) is 4.90 Å². The minimum absolute atomic E-state index is 0.0571. The normalized spacial score (nSPS) is 18.1. The van der Waals surface area contributed by atoms with Gasteiger partial charge in [-0.25, -0.2) is 0 Å². The molecular weight excluding hydrogens is 488 g/mol. The third-order valence-corrected chi connectivity index (χ3v) is 8.00. The monoisotopic (exact) mass is 518 g/mol. The van der Waals surface area contributed by atoms with E-state index in [9.17, 15) is 14.4 Å². The van der Waals surface area contributed by atoms with Crippen molar-refractivity contribution in [1.29, 1.82) is 0 Å². The lowest BCUT2D eigenvalue weighted by atomic mass is 9.71. The Hall–Kier alpha value is -3.38. The van der Waals surface area contributed by atoms with Crippen molar-refractivity contribution in [3.8, 4) is 5.75 Å². The Kier molecular flexibility index (Phi) is 6.95. The molecule has 0 saturated carbocycles. The lowest BCUT2D eigenvalue weighted by Crippen LogP contribution is -2.37. The molecule has 0 atom stereocenters. The van der Waals surface area contributed by atoms with Crippen molar-refractivity contribution >= 4 is 34.8 Å². The van der Waals surface area contributed by atoms with Gasteiger partial charge in [-0.1, -0.05) is 23.7 Å². The van der Waals surface area contributed by atoms with E-state index in [1.807, 2.05) is 39.1 Å². The summed E-state index contributed by atoms with van der Waals surface area (Å²) in [6, 6.07) is 11.0. The number of ether oxygens (including phenoxy) is 1. The highest BCUT2D eigenvalue weighted by Crippen LogP contribution is 2.50. The lowest BCUT2D eigenvalue weighted by molar-refractivity contribution is -0.119. The molecule has 2 aromatic carbocycles. The maximum absolute atomic E-state index is 13.3. The van der Waals surface area contributed by atoms with Crippen molar-refractivity contribution in [3.05, 3.63) is 80.7 Å². The molecule has 0 radical (unpaired) electrons. The zero-order valence-corrected chi connectivity index (χ0v) is 22.2. The van der Waals surface area contributed by atoms with Crippen LogP contribution in [0.5, 0.6) is 5.75 Å². The van der Waals surface area contributed by atoms with Crippen LogP contribution in [0.1, 0.15) is 61.1 Å². The van der Waals surface area contributed by atoms with Crippen LogP contribution in [0.2, 0.25) is 5.02 Å². The van der Waals surface area contributed by atoms with Crippen molar-refractivity contribution in [3.63, 3.8) is 0 Å². The SMILES string of the molecule is Cc1cccc(NC(=O)COc2ccc(Cl)cc2C2C3=C(CCCC3=O)N(C)C3=C2C(=O)CCC3)c1C. The summed E-state index contributed by atoms with van der Waals surface area (Å²) in [7, 11) is 1.96. The standard InChI is InChI=1S/C30H31ClN2O4/c1-17-7-4-8-21(18(17)2)32-27(36)16-37-26-14-13-19(31)15-20(26)28-29-22(9-5-11-24(29)34)33(3)23-10-6-12-25(35)30(23)28/h4,7-8,13-15,28H,5-6,9-12,16H2,1-3H3,(H,32,36). The maximum Gasteiger partial charge on any atom is 0.262 e. The molecule has 5 rings (SSSR count). The summed E-state index contributed by atoms with van der Waals surface area (Å²) in [5.74, 6) is -0.272. The molecule has 0 saturated heterocycles. The molecule has 192 valence electrons. The molecule has 1 amide bonds. The quantitative estimate of drug-likeness (QED) is 0.524. The number of ketones is 2. The highest BCUT2D eigenvalue weighted by molar-refractivity contribution is 6.30. The first kappa shape index (κ1) is 25.3. The molecule has 7 heteroatoms. The summed E-state index contributed by atoms with van der Waals surface area (Å²) >= 11 is 6.44. The molecule has 0 spiro atoms. The van der Waals surface area contributed by atoms with Crippen LogP contribution in [-0.4, -0.2) is 36.0 Å². The fraction of sp³-hybridized carbons (Fsp3) is 0.367. The third kappa shape index (κ3) is 4.71. The number of carbonyl (C=O) groups is 3. The number of anilines is 1. The first-order valence-corrected chi connectivity index (χ1v) is 13.2. The van der Waals surface area contributed by atoms with Gasteiger partial charge in [0.2, 0.25) is 0 Å². The predicted octanol–water partition coefficient (Wildman–Crippen LogP) is 6.02. The summed E-state index contributed by atoms with van der Waals surface area (Å²) in [5, 5.41) is 3.40. The Bertz CT molecular complexity index is 1330. The predicted molar refractivity (Wildman–Crippen MR) is 144 cm³/mol. The molecule has 2 aromatic rings. The second kappa shape index (κ2) is 10.2. The first-order valence-electron chi connectivity index (χ1n) is 12.8. The number of carbonyl (C=O) groups excluding carboxylic acids is 3. The molecule has 3 aliphatic rings. The van der Waals surface area contributed by atoms with Crippen LogP contribution < -0.4 is 10.1 Å². The van der Waals surface area contributed by atoms with E-state index in [0.29, 0.717) is 40.3 Å². The summed E-state index contributed by atoms with van der Waals surface area (Å²) in [6.45, 7) is 3.74. The van der Waals surface area contributed by atoms with E-state index in [4.69, 9.17) is 16.3 Å². The number of halogens is 1. The summed E-state index contributed by atoms with van der Waals surface area (Å²) in [5.41, 5.74) is 6.77. The number of Topliss-reactive ketones (excluding diaryl/α,β-unsaturated/α-hetero) is 2. The number of nitrogens with one attached hydrogen (secondary N) is 1. The van der Waals surface area contributed by atoms with E-state index in [-0.39, 0.29) is 24.1 Å². The molecule has 37 heavy (non-hydrogen) atoms. The smallest absolute Gasteiger partial charge is 0.262 e. The van der Waals surface area contributed by atoms with Gasteiger partial charge in [-0.05, 0) is 74.9 Å². The maximum atomic E-state index is 13.3. The highest BCUT2D eigenvalue weighted by Gasteiger charge is 2.43. The molecule has 6 nitrogen and oxygen atoms in total. The molecule has 0 aromatic heterocycles. The van der Waals surface area contributed by atoms with Gasteiger partial charge in [0.05, 0.1) is 0 Å². The number of amides is 1. The van der Waals surface area contributed by atoms with Gasteiger partial charge in [0.25, 0.3) is 5.91 Å². The second-order valence-corrected chi connectivity index (χ2v) is 10.5. The topological polar surface area (TPSA) is 75.7 Å². The number of hydrogen-bond donors (Lipinski definition) is 1. The fourth-order valence-corrected chi connectivity index (χ4v) is 5.94. The lowest BCUT2D eigenvalue weighted by Gasteiger charge is -2.42. The van der Waals surface area contributed by atoms with Crippen LogP contribution in [0.3, 0.4) is 0 Å². The first-order chi connectivity index (χ1) is 17.8. The largest absolute Gasteiger partial charge is 0.483 e. The van der Waals surface area contributed by atoms with Crippen molar-refractivity contribution in [2.45, 2.75) is 58.3 Å². The number of allylic oxidation sites excluding steroid dienone is 4. The fourth-order valence-electron chi connectivity index (χ4n) is 5.76. The molecular formula is C30H31ClN2O4. The van der Waals surface area contributed by atoms with Gasteiger partial charge >= 0.3 is 0 Å². The van der Waals surface area contributed by atoms with E-state index in [1.165, 1.54) is 0 Å². The van der Waals surface area contributed by atoms with Gasteiger partial charge < -0.3 is 15.0 Å².